The van der Waals surface area contributed by atoms with Crippen LogP contribution in [0.2, 0.25) is 0 Å². The summed E-state index contributed by atoms with van der Waals surface area (Å²) < 4.78 is 4.93. The van der Waals surface area contributed by atoms with Crippen molar-refractivity contribution in [3.8, 4) is 0 Å². The van der Waals surface area contributed by atoms with Gasteiger partial charge in [0.15, 0.2) is 0 Å². The average molecular weight is 163 g/mol. The highest BCUT2D eigenvalue weighted by Gasteiger charge is 2.18. The highest BCUT2D eigenvalue weighted by atomic mass is 16.3. The summed E-state index contributed by atoms with van der Waals surface area (Å²) in [7, 11) is 0. The first-order chi connectivity index (χ1) is 5.95. The molecular formula is C10H13NO. The molecule has 1 heterocycles. The predicted octanol–water partition coefficient (Wildman–Crippen LogP) is 2.04. The van der Waals surface area contributed by atoms with E-state index in [1.807, 2.05) is 6.07 Å². The standard InChI is InChI=1S/C10H13NO/c1(6-11-10-3-4-10)2-9-5-7-12-8-9/h1-2,5,7-8,10-11H,3-4,6H2. The van der Waals surface area contributed by atoms with Gasteiger partial charge in [0.1, 0.15) is 0 Å². The molecule has 0 amide bonds. The van der Waals surface area contributed by atoms with Gasteiger partial charge in [0, 0.05) is 18.2 Å². The molecule has 1 saturated carbocycles. The molecule has 0 bridgehead atoms. The lowest BCUT2D eigenvalue weighted by Crippen LogP contribution is -2.15. The van der Waals surface area contributed by atoms with Gasteiger partial charge in [0.05, 0.1) is 12.5 Å². The normalized spacial score (nSPS) is 17.3. The monoisotopic (exact) mass is 163 g/mol. The van der Waals surface area contributed by atoms with E-state index >= 15 is 0 Å². The average Bonchev–Trinajstić information content (AvgIpc) is 2.76. The van der Waals surface area contributed by atoms with Crippen LogP contribution in [0.4, 0.5) is 0 Å². The van der Waals surface area contributed by atoms with Gasteiger partial charge in [0.25, 0.3) is 0 Å². The highest BCUT2D eigenvalue weighted by molar-refractivity contribution is 5.46. The van der Waals surface area contributed by atoms with Crippen LogP contribution in [0.1, 0.15) is 18.4 Å². The zero-order valence-corrected chi connectivity index (χ0v) is 6.99. The van der Waals surface area contributed by atoms with Gasteiger partial charge in [-0.1, -0.05) is 12.2 Å². The van der Waals surface area contributed by atoms with Crippen molar-refractivity contribution in [2.75, 3.05) is 6.54 Å². The second-order valence-electron chi connectivity index (χ2n) is 3.14. The first-order valence-electron chi connectivity index (χ1n) is 4.37. The fourth-order valence-electron chi connectivity index (χ4n) is 1.09. The van der Waals surface area contributed by atoms with E-state index < -0.39 is 0 Å². The van der Waals surface area contributed by atoms with Crippen molar-refractivity contribution in [1.82, 2.24) is 5.32 Å². The molecular weight excluding hydrogens is 150 g/mol. The lowest BCUT2D eigenvalue weighted by molar-refractivity contribution is 0.567. The molecule has 0 unspecified atom stereocenters. The van der Waals surface area contributed by atoms with Crippen LogP contribution in [0, 0.1) is 0 Å². The molecule has 0 atom stereocenters. The lowest BCUT2D eigenvalue weighted by atomic mass is 10.3. The molecule has 0 radical (unpaired) electrons. The van der Waals surface area contributed by atoms with Gasteiger partial charge in [-0.3, -0.25) is 0 Å². The first-order valence-corrected chi connectivity index (χ1v) is 4.37. The Labute approximate surface area is 72.3 Å². The minimum absolute atomic E-state index is 0.791. The Balaban J connectivity index is 1.70. The van der Waals surface area contributed by atoms with E-state index in [2.05, 4.69) is 17.5 Å². The molecule has 1 aromatic heterocycles. The zero-order valence-electron chi connectivity index (χ0n) is 6.99. The topological polar surface area (TPSA) is 25.2 Å². The highest BCUT2D eigenvalue weighted by Crippen LogP contribution is 2.18. The Hall–Kier alpha value is -1.02. The molecule has 1 fully saturated rings. The van der Waals surface area contributed by atoms with Crippen molar-refractivity contribution in [2.45, 2.75) is 18.9 Å². The Morgan fingerprint density at radius 1 is 1.58 bits per heavy atom. The molecule has 0 spiro atoms. The molecule has 0 saturated heterocycles. The van der Waals surface area contributed by atoms with Gasteiger partial charge in [-0.05, 0) is 18.9 Å². The fraction of sp³-hybridized carbons (Fsp3) is 0.400. The minimum atomic E-state index is 0.791. The summed E-state index contributed by atoms with van der Waals surface area (Å²) in [6.45, 7) is 0.968. The lowest BCUT2D eigenvalue weighted by Gasteiger charge is -1.93. The van der Waals surface area contributed by atoms with Crippen LogP contribution in [0.5, 0.6) is 0 Å². The molecule has 2 heteroatoms. The van der Waals surface area contributed by atoms with Gasteiger partial charge in [-0.2, -0.15) is 0 Å². The molecule has 2 rings (SSSR count). The second-order valence-corrected chi connectivity index (χ2v) is 3.14. The summed E-state index contributed by atoms with van der Waals surface area (Å²) in [5.74, 6) is 0. The van der Waals surface area contributed by atoms with Crippen LogP contribution in [-0.2, 0) is 0 Å². The van der Waals surface area contributed by atoms with Gasteiger partial charge < -0.3 is 9.73 Å². The first kappa shape index (κ1) is 7.62. The van der Waals surface area contributed by atoms with Gasteiger partial charge in [-0.25, -0.2) is 0 Å². The maximum absolute atomic E-state index is 4.93. The summed E-state index contributed by atoms with van der Waals surface area (Å²) in [6.07, 6.45) is 10.3. The van der Waals surface area contributed by atoms with E-state index in [-0.39, 0.29) is 0 Å². The quantitative estimate of drug-likeness (QED) is 0.734. The molecule has 64 valence electrons. The number of furan rings is 1. The largest absolute Gasteiger partial charge is 0.472 e. The van der Waals surface area contributed by atoms with Crippen LogP contribution in [-0.4, -0.2) is 12.6 Å². The van der Waals surface area contributed by atoms with Gasteiger partial charge >= 0.3 is 0 Å². The molecule has 1 aromatic rings. The van der Waals surface area contributed by atoms with Crippen molar-refractivity contribution in [1.29, 1.82) is 0 Å². The molecule has 0 aromatic carbocycles. The van der Waals surface area contributed by atoms with E-state index in [0.29, 0.717) is 0 Å². The molecule has 1 aliphatic carbocycles. The van der Waals surface area contributed by atoms with Crippen molar-refractivity contribution in [3.63, 3.8) is 0 Å². The second kappa shape index (κ2) is 3.59. The van der Waals surface area contributed by atoms with Crippen LogP contribution in [0.25, 0.3) is 6.08 Å². The Morgan fingerprint density at radius 2 is 2.50 bits per heavy atom. The third kappa shape index (κ3) is 2.24. The summed E-state index contributed by atoms with van der Waals surface area (Å²) in [5, 5.41) is 3.40. The van der Waals surface area contributed by atoms with Gasteiger partial charge in [-0.15, -0.1) is 0 Å². The summed E-state index contributed by atoms with van der Waals surface area (Å²) >= 11 is 0. The van der Waals surface area contributed by atoms with Crippen molar-refractivity contribution >= 4 is 6.08 Å². The zero-order chi connectivity index (χ0) is 8.23. The van der Waals surface area contributed by atoms with Crippen LogP contribution in [0.3, 0.4) is 0 Å². The number of hydrogen-bond donors (Lipinski definition) is 1. The third-order valence-electron chi connectivity index (χ3n) is 1.96. The van der Waals surface area contributed by atoms with Crippen molar-refractivity contribution < 1.29 is 4.42 Å². The minimum Gasteiger partial charge on any atom is -0.472 e. The number of nitrogens with one attached hydrogen (secondary N) is 1. The summed E-state index contributed by atoms with van der Waals surface area (Å²) in [4.78, 5) is 0. The molecule has 1 N–H and O–H groups in total. The molecule has 1 aliphatic rings. The molecule has 2 nitrogen and oxygen atoms in total. The SMILES string of the molecule is C(=Cc1ccoc1)CNC1CC1. The van der Waals surface area contributed by atoms with E-state index in [1.165, 1.54) is 12.8 Å². The Bertz CT molecular complexity index is 247. The van der Waals surface area contributed by atoms with E-state index in [9.17, 15) is 0 Å². The van der Waals surface area contributed by atoms with E-state index in [0.717, 1.165) is 18.2 Å². The van der Waals surface area contributed by atoms with Crippen LogP contribution >= 0.6 is 0 Å². The summed E-state index contributed by atoms with van der Waals surface area (Å²) in [5.41, 5.74) is 1.13. The Kier molecular flexibility index (Phi) is 2.28. The predicted molar refractivity (Wildman–Crippen MR) is 48.8 cm³/mol. The Morgan fingerprint density at radius 3 is 3.17 bits per heavy atom. The number of rotatable bonds is 4. The molecule has 12 heavy (non-hydrogen) atoms. The number of hydrogen-bond acceptors (Lipinski definition) is 2. The van der Waals surface area contributed by atoms with Crippen LogP contribution < -0.4 is 5.32 Å². The maximum atomic E-state index is 4.93. The smallest absolute Gasteiger partial charge is 0.0974 e. The third-order valence-corrected chi connectivity index (χ3v) is 1.96. The fourth-order valence-corrected chi connectivity index (χ4v) is 1.09. The molecule has 0 aliphatic heterocycles. The maximum Gasteiger partial charge on any atom is 0.0974 e. The van der Waals surface area contributed by atoms with Crippen molar-refractivity contribution in [2.24, 2.45) is 0 Å². The summed E-state index contributed by atoms with van der Waals surface area (Å²) in [6, 6.07) is 2.74. The van der Waals surface area contributed by atoms with Crippen LogP contribution in [0.15, 0.2) is 29.1 Å². The van der Waals surface area contributed by atoms with Gasteiger partial charge in [0.2, 0.25) is 0 Å². The van der Waals surface area contributed by atoms with E-state index in [1.54, 1.807) is 12.5 Å². The van der Waals surface area contributed by atoms with Crippen molar-refractivity contribution in [3.05, 3.63) is 30.2 Å². The van der Waals surface area contributed by atoms with E-state index in [4.69, 9.17) is 4.42 Å².